The number of nitrogens with zero attached hydrogens (tertiary/aromatic N) is 3. The van der Waals surface area contributed by atoms with Crippen LogP contribution >= 0.6 is 0 Å². The number of hydrogen-bond donors (Lipinski definition) is 3. The number of piperidine rings is 1. The molecule has 2 rings (SSSR count). The topological polar surface area (TPSA) is 109 Å². The molecule has 0 bridgehead atoms. The van der Waals surface area contributed by atoms with Gasteiger partial charge < -0.3 is 15.7 Å². The first-order valence-corrected chi connectivity index (χ1v) is 7.26. The molecule has 0 radical (unpaired) electrons. The van der Waals surface area contributed by atoms with Crippen LogP contribution in [0, 0.1) is 5.92 Å². The van der Waals surface area contributed by atoms with Crippen LogP contribution in [0.1, 0.15) is 36.2 Å². The van der Waals surface area contributed by atoms with Gasteiger partial charge in [0, 0.05) is 13.0 Å². The third-order valence-electron chi connectivity index (χ3n) is 3.66. The van der Waals surface area contributed by atoms with Gasteiger partial charge in [-0.2, -0.15) is 0 Å². The van der Waals surface area contributed by atoms with Crippen LogP contribution in [0.25, 0.3) is 0 Å². The minimum Gasteiger partial charge on any atom is -0.476 e. The van der Waals surface area contributed by atoms with Crippen LogP contribution in [0.5, 0.6) is 0 Å². The highest BCUT2D eigenvalue weighted by Gasteiger charge is 2.14. The molecule has 1 saturated heterocycles. The number of carboxylic acids is 1. The fraction of sp³-hybridized carbons (Fsp3) is 0.692. The molecule has 1 aromatic heterocycles. The molecule has 0 spiro atoms. The Kier molecular flexibility index (Phi) is 5.68. The summed E-state index contributed by atoms with van der Waals surface area (Å²) in [6, 6.07) is 0. The molecule has 116 valence electrons. The second-order valence-electron chi connectivity index (χ2n) is 5.25. The lowest BCUT2D eigenvalue weighted by Crippen LogP contribution is -2.30. The Morgan fingerprint density at radius 1 is 1.43 bits per heavy atom. The van der Waals surface area contributed by atoms with E-state index in [2.05, 4.69) is 20.9 Å². The number of hydrogen-bond acceptors (Lipinski definition) is 5. The molecule has 8 heteroatoms. The first kappa shape index (κ1) is 15.4. The van der Waals surface area contributed by atoms with Gasteiger partial charge in [0.1, 0.15) is 0 Å². The standard InChI is InChI=1S/C13H21N5O3/c19-12(2-1-10-3-5-14-6-4-10)15-7-8-18-9-11(13(20)21)16-17-18/h9-10,14H,1-8H2,(H,15,19)(H,20,21). The van der Waals surface area contributed by atoms with E-state index in [1.807, 2.05) is 0 Å². The van der Waals surface area contributed by atoms with E-state index in [-0.39, 0.29) is 11.6 Å². The molecule has 8 nitrogen and oxygen atoms in total. The zero-order valence-electron chi connectivity index (χ0n) is 11.9. The summed E-state index contributed by atoms with van der Waals surface area (Å²) in [5.41, 5.74) is -0.0905. The number of carbonyl (C=O) groups is 2. The highest BCUT2D eigenvalue weighted by molar-refractivity contribution is 5.84. The molecule has 21 heavy (non-hydrogen) atoms. The Morgan fingerprint density at radius 2 is 2.19 bits per heavy atom. The first-order valence-electron chi connectivity index (χ1n) is 7.26. The maximum atomic E-state index is 11.7. The number of nitrogens with one attached hydrogen (secondary N) is 2. The van der Waals surface area contributed by atoms with Crippen LogP contribution in [-0.2, 0) is 11.3 Å². The van der Waals surface area contributed by atoms with Crippen molar-refractivity contribution in [2.75, 3.05) is 19.6 Å². The van der Waals surface area contributed by atoms with Crippen molar-refractivity contribution >= 4 is 11.9 Å². The molecule has 0 saturated carbocycles. The van der Waals surface area contributed by atoms with Crippen LogP contribution in [0.3, 0.4) is 0 Å². The van der Waals surface area contributed by atoms with Gasteiger partial charge in [-0.1, -0.05) is 5.21 Å². The average Bonchev–Trinajstić information content (AvgIpc) is 2.95. The summed E-state index contributed by atoms with van der Waals surface area (Å²) < 4.78 is 1.41. The highest BCUT2D eigenvalue weighted by Crippen LogP contribution is 2.17. The van der Waals surface area contributed by atoms with Gasteiger partial charge in [-0.05, 0) is 38.3 Å². The molecule has 1 aliphatic rings. The Bertz CT molecular complexity index is 482. The molecule has 0 aliphatic carbocycles. The summed E-state index contributed by atoms with van der Waals surface area (Å²) in [6.45, 7) is 2.93. The Labute approximate surface area is 122 Å². The van der Waals surface area contributed by atoms with Crippen molar-refractivity contribution in [3.8, 4) is 0 Å². The molecule has 3 N–H and O–H groups in total. The van der Waals surface area contributed by atoms with Crippen molar-refractivity contribution in [1.82, 2.24) is 25.6 Å². The fourth-order valence-electron chi connectivity index (χ4n) is 2.41. The highest BCUT2D eigenvalue weighted by atomic mass is 16.4. The van der Waals surface area contributed by atoms with Gasteiger partial charge in [-0.25, -0.2) is 9.48 Å². The SMILES string of the molecule is O=C(CCC1CCNCC1)NCCn1cc(C(=O)O)nn1. The first-order chi connectivity index (χ1) is 10.1. The molecule has 1 fully saturated rings. The molecule has 0 atom stereocenters. The third kappa shape index (κ3) is 5.14. The van der Waals surface area contributed by atoms with Crippen molar-refractivity contribution in [2.24, 2.45) is 5.92 Å². The number of aromatic nitrogens is 3. The molecular formula is C13H21N5O3. The number of carboxylic acid groups (broad SMARTS) is 1. The summed E-state index contributed by atoms with van der Waals surface area (Å²) in [6.07, 6.45) is 5.11. The average molecular weight is 295 g/mol. The van der Waals surface area contributed by atoms with Crippen molar-refractivity contribution in [2.45, 2.75) is 32.2 Å². The second-order valence-corrected chi connectivity index (χ2v) is 5.25. The maximum Gasteiger partial charge on any atom is 0.358 e. The molecule has 1 aliphatic heterocycles. The normalized spacial score (nSPS) is 15.8. The van der Waals surface area contributed by atoms with Crippen molar-refractivity contribution < 1.29 is 14.7 Å². The zero-order chi connectivity index (χ0) is 15.1. The van der Waals surface area contributed by atoms with E-state index in [0.717, 1.165) is 32.4 Å². The minimum atomic E-state index is -1.10. The van der Waals surface area contributed by atoms with Crippen LogP contribution < -0.4 is 10.6 Å². The van der Waals surface area contributed by atoms with Gasteiger partial charge in [-0.15, -0.1) is 5.10 Å². The number of rotatable bonds is 7. The van der Waals surface area contributed by atoms with Gasteiger partial charge >= 0.3 is 5.97 Å². The van der Waals surface area contributed by atoms with Crippen molar-refractivity contribution in [1.29, 1.82) is 0 Å². The lowest BCUT2D eigenvalue weighted by atomic mass is 9.93. The number of aromatic carboxylic acids is 1. The summed E-state index contributed by atoms with van der Waals surface area (Å²) in [5, 5.41) is 22.0. The Hall–Kier alpha value is -1.96. The maximum absolute atomic E-state index is 11.7. The minimum absolute atomic E-state index is 0.0344. The molecule has 1 aromatic rings. The van der Waals surface area contributed by atoms with E-state index in [1.165, 1.54) is 10.9 Å². The summed E-state index contributed by atoms with van der Waals surface area (Å²) in [5.74, 6) is -0.426. The lowest BCUT2D eigenvalue weighted by molar-refractivity contribution is -0.121. The predicted molar refractivity (Wildman–Crippen MR) is 74.8 cm³/mol. The van der Waals surface area contributed by atoms with Crippen molar-refractivity contribution in [3.05, 3.63) is 11.9 Å². The molecule has 0 aromatic carbocycles. The Balaban J connectivity index is 1.61. The number of amides is 1. The molecule has 0 unspecified atom stereocenters. The Morgan fingerprint density at radius 3 is 2.86 bits per heavy atom. The van der Waals surface area contributed by atoms with Gasteiger partial charge in [0.05, 0.1) is 12.7 Å². The monoisotopic (exact) mass is 295 g/mol. The van der Waals surface area contributed by atoms with E-state index in [4.69, 9.17) is 5.11 Å². The predicted octanol–water partition coefficient (Wildman–Crippen LogP) is -0.128. The summed E-state index contributed by atoms with van der Waals surface area (Å²) in [4.78, 5) is 22.4. The summed E-state index contributed by atoms with van der Waals surface area (Å²) in [7, 11) is 0. The van der Waals surface area contributed by atoms with Crippen LogP contribution in [-0.4, -0.2) is 51.6 Å². The third-order valence-corrected chi connectivity index (χ3v) is 3.66. The summed E-state index contributed by atoms with van der Waals surface area (Å²) >= 11 is 0. The lowest BCUT2D eigenvalue weighted by Gasteiger charge is -2.22. The molecule has 1 amide bonds. The van der Waals surface area contributed by atoms with Gasteiger partial charge in [0.2, 0.25) is 5.91 Å². The second kappa shape index (κ2) is 7.72. The van der Waals surface area contributed by atoms with Crippen molar-refractivity contribution in [3.63, 3.8) is 0 Å². The van der Waals surface area contributed by atoms with E-state index in [9.17, 15) is 9.59 Å². The largest absolute Gasteiger partial charge is 0.476 e. The van der Waals surface area contributed by atoms with Crippen LogP contribution in [0.4, 0.5) is 0 Å². The van der Waals surface area contributed by atoms with E-state index >= 15 is 0 Å². The van der Waals surface area contributed by atoms with Gasteiger partial charge in [0.15, 0.2) is 5.69 Å². The number of carbonyl (C=O) groups excluding carboxylic acids is 1. The molecule has 2 heterocycles. The van der Waals surface area contributed by atoms with Crippen LogP contribution in [0.15, 0.2) is 6.20 Å². The zero-order valence-corrected chi connectivity index (χ0v) is 11.9. The van der Waals surface area contributed by atoms with E-state index in [0.29, 0.717) is 25.4 Å². The van der Waals surface area contributed by atoms with Gasteiger partial charge in [-0.3, -0.25) is 4.79 Å². The quantitative estimate of drug-likeness (QED) is 0.646. The fourth-order valence-corrected chi connectivity index (χ4v) is 2.41. The molecular weight excluding hydrogens is 274 g/mol. The smallest absolute Gasteiger partial charge is 0.358 e. The van der Waals surface area contributed by atoms with Gasteiger partial charge in [0.25, 0.3) is 0 Å². The van der Waals surface area contributed by atoms with E-state index < -0.39 is 5.97 Å². The van der Waals surface area contributed by atoms with Crippen LogP contribution in [0.2, 0.25) is 0 Å². The van der Waals surface area contributed by atoms with E-state index in [1.54, 1.807) is 0 Å².